The molecule has 2 rings (SSSR count). The topological polar surface area (TPSA) is 110 Å². The van der Waals surface area contributed by atoms with Crippen LogP contribution in [0.1, 0.15) is 31.5 Å². The minimum absolute atomic E-state index is 0.00540. The van der Waals surface area contributed by atoms with E-state index >= 15 is 0 Å². The normalized spacial score (nSPS) is 25.4. The van der Waals surface area contributed by atoms with Crippen molar-refractivity contribution in [3.05, 3.63) is 11.3 Å². The van der Waals surface area contributed by atoms with Gasteiger partial charge in [-0.05, 0) is 13.3 Å². The van der Waals surface area contributed by atoms with Gasteiger partial charge in [-0.1, -0.05) is 13.8 Å². The molecule has 1 aromatic rings. The average Bonchev–Trinajstić information content (AvgIpc) is 2.75. The molecule has 1 heterocycles. The van der Waals surface area contributed by atoms with Crippen LogP contribution in [0.25, 0.3) is 0 Å². The Morgan fingerprint density at radius 2 is 2.20 bits per heavy atom. The number of hydrogen-bond acceptors (Lipinski definition) is 5. The summed E-state index contributed by atoms with van der Waals surface area (Å²) in [6.07, 6.45) is 0.717. The van der Waals surface area contributed by atoms with Gasteiger partial charge >= 0.3 is 0 Å². The number of H-pyrrole nitrogens is 1. The number of aromatic nitrogens is 2. The van der Waals surface area contributed by atoms with Crippen LogP contribution in [-0.2, 0) is 21.3 Å². The Bertz CT molecular complexity index is 594. The molecule has 0 radical (unpaired) electrons. The lowest BCUT2D eigenvalue weighted by Gasteiger charge is -2.50. The molecule has 1 aliphatic rings. The summed E-state index contributed by atoms with van der Waals surface area (Å²) in [6.45, 7) is 5.85. The van der Waals surface area contributed by atoms with Gasteiger partial charge < -0.3 is 10.5 Å². The molecule has 114 valence electrons. The Morgan fingerprint density at radius 3 is 2.70 bits per heavy atom. The maximum Gasteiger partial charge on any atom is 0.260 e. The summed E-state index contributed by atoms with van der Waals surface area (Å²) in [5.41, 5.74) is 6.56. The summed E-state index contributed by atoms with van der Waals surface area (Å²) >= 11 is 0. The maximum atomic E-state index is 12.4. The quantitative estimate of drug-likeness (QED) is 0.723. The second kappa shape index (κ2) is 5.10. The molecular formula is C12H22N4O3S. The average molecular weight is 302 g/mol. The Morgan fingerprint density at radius 1 is 1.55 bits per heavy atom. The first-order valence-electron chi connectivity index (χ1n) is 6.53. The van der Waals surface area contributed by atoms with Crippen molar-refractivity contribution in [1.82, 2.24) is 14.9 Å². The zero-order valence-corrected chi connectivity index (χ0v) is 13.0. The molecule has 1 saturated carbocycles. The predicted molar refractivity (Wildman–Crippen MR) is 74.5 cm³/mol. The summed E-state index contributed by atoms with van der Waals surface area (Å²) in [6, 6.07) is -0.167. The van der Waals surface area contributed by atoms with Crippen molar-refractivity contribution in [3.8, 4) is 0 Å². The minimum Gasteiger partial charge on any atom is -0.381 e. The van der Waals surface area contributed by atoms with Crippen LogP contribution >= 0.6 is 0 Å². The first-order valence-corrected chi connectivity index (χ1v) is 8.01. The van der Waals surface area contributed by atoms with Gasteiger partial charge in [-0.15, -0.1) is 0 Å². The molecule has 0 spiro atoms. The standard InChI is InChI=1S/C12H22N4O3S/c1-7-8(6-13)11(15-14-7)20(17,18)16-9-5-10(19-4)12(9,2)3/h9-10,16H,5-6,13H2,1-4H3,(H,14,15). The second-order valence-electron chi connectivity index (χ2n) is 5.79. The van der Waals surface area contributed by atoms with Crippen LogP contribution in [0, 0.1) is 12.3 Å². The lowest BCUT2D eigenvalue weighted by molar-refractivity contribution is -0.0908. The monoisotopic (exact) mass is 302 g/mol. The van der Waals surface area contributed by atoms with Crippen LogP contribution in [-0.4, -0.2) is 37.9 Å². The molecule has 2 unspecified atom stereocenters. The van der Waals surface area contributed by atoms with Gasteiger partial charge in [-0.3, -0.25) is 5.10 Å². The molecule has 0 aromatic carbocycles. The Labute approximate surface area is 119 Å². The van der Waals surface area contributed by atoms with Gasteiger partial charge in [0.25, 0.3) is 10.0 Å². The Balaban J connectivity index is 2.21. The first kappa shape index (κ1) is 15.4. The summed E-state index contributed by atoms with van der Waals surface area (Å²) < 4.78 is 32.9. The van der Waals surface area contributed by atoms with Crippen LogP contribution in [0.3, 0.4) is 0 Å². The van der Waals surface area contributed by atoms with Gasteiger partial charge in [0.05, 0.1) is 6.10 Å². The first-order chi connectivity index (χ1) is 9.24. The highest BCUT2D eigenvalue weighted by Gasteiger charge is 2.50. The van der Waals surface area contributed by atoms with Crippen molar-refractivity contribution in [2.24, 2.45) is 11.1 Å². The predicted octanol–water partition coefficient (Wildman–Crippen LogP) is 0.269. The van der Waals surface area contributed by atoms with Crippen LogP contribution < -0.4 is 10.5 Å². The maximum absolute atomic E-state index is 12.4. The summed E-state index contributed by atoms with van der Waals surface area (Å²) in [4.78, 5) is 0. The highest BCUT2D eigenvalue weighted by Crippen LogP contribution is 2.43. The smallest absolute Gasteiger partial charge is 0.260 e. The fraction of sp³-hybridized carbons (Fsp3) is 0.750. The molecule has 0 aliphatic heterocycles. The van der Waals surface area contributed by atoms with E-state index in [4.69, 9.17) is 10.5 Å². The largest absolute Gasteiger partial charge is 0.381 e. The SMILES string of the molecule is COC1CC(NS(=O)(=O)c2n[nH]c(C)c2CN)C1(C)C. The van der Waals surface area contributed by atoms with Crippen LogP contribution in [0.4, 0.5) is 0 Å². The van der Waals surface area contributed by atoms with E-state index in [1.54, 1.807) is 14.0 Å². The number of nitrogens with zero attached hydrogens (tertiary/aromatic N) is 1. The number of aryl methyl sites for hydroxylation is 1. The molecule has 20 heavy (non-hydrogen) atoms. The van der Waals surface area contributed by atoms with Crippen molar-refractivity contribution in [1.29, 1.82) is 0 Å². The van der Waals surface area contributed by atoms with Crippen molar-refractivity contribution in [2.45, 2.75) is 50.9 Å². The molecule has 2 atom stereocenters. The van der Waals surface area contributed by atoms with Gasteiger partial charge in [0.2, 0.25) is 0 Å². The van der Waals surface area contributed by atoms with Gasteiger partial charge in [-0.25, -0.2) is 13.1 Å². The number of hydrogen-bond donors (Lipinski definition) is 3. The van der Waals surface area contributed by atoms with Crippen molar-refractivity contribution in [3.63, 3.8) is 0 Å². The molecule has 8 heteroatoms. The van der Waals surface area contributed by atoms with E-state index in [0.717, 1.165) is 0 Å². The molecule has 7 nitrogen and oxygen atoms in total. The minimum atomic E-state index is -3.67. The van der Waals surface area contributed by atoms with E-state index in [0.29, 0.717) is 17.7 Å². The second-order valence-corrected chi connectivity index (χ2v) is 7.42. The van der Waals surface area contributed by atoms with Crippen LogP contribution in [0.5, 0.6) is 0 Å². The summed E-state index contributed by atoms with van der Waals surface area (Å²) in [5, 5.41) is 6.53. The van der Waals surface area contributed by atoms with E-state index in [1.165, 1.54) is 0 Å². The van der Waals surface area contributed by atoms with Gasteiger partial charge in [0, 0.05) is 36.4 Å². The molecule has 1 aliphatic carbocycles. The van der Waals surface area contributed by atoms with E-state index in [1.807, 2.05) is 13.8 Å². The third kappa shape index (κ3) is 2.37. The molecule has 1 fully saturated rings. The zero-order chi connectivity index (χ0) is 15.1. The molecule has 0 bridgehead atoms. The Kier molecular flexibility index (Phi) is 3.94. The lowest BCUT2D eigenvalue weighted by atomic mass is 9.65. The summed E-state index contributed by atoms with van der Waals surface area (Å²) in [5.74, 6) is 0. The number of rotatable bonds is 5. The fourth-order valence-electron chi connectivity index (χ4n) is 2.62. The van der Waals surface area contributed by atoms with Crippen LogP contribution in [0.15, 0.2) is 5.03 Å². The number of ether oxygens (including phenoxy) is 1. The number of nitrogens with two attached hydrogens (primary N) is 1. The fourth-order valence-corrected chi connectivity index (χ4v) is 4.23. The van der Waals surface area contributed by atoms with E-state index in [9.17, 15) is 8.42 Å². The summed E-state index contributed by atoms with van der Waals surface area (Å²) in [7, 11) is -2.03. The molecule has 1 aromatic heterocycles. The number of sulfonamides is 1. The van der Waals surface area contributed by atoms with Crippen molar-refractivity contribution >= 4 is 10.0 Å². The number of aromatic amines is 1. The highest BCUT2D eigenvalue weighted by atomic mass is 32.2. The van der Waals surface area contributed by atoms with Gasteiger partial charge in [-0.2, -0.15) is 5.10 Å². The third-order valence-corrected chi connectivity index (χ3v) is 5.70. The van der Waals surface area contributed by atoms with Crippen molar-refractivity contribution < 1.29 is 13.2 Å². The Hall–Kier alpha value is -0.960. The van der Waals surface area contributed by atoms with Crippen LogP contribution in [0.2, 0.25) is 0 Å². The van der Waals surface area contributed by atoms with E-state index in [-0.39, 0.29) is 29.1 Å². The molecule has 0 saturated heterocycles. The molecule has 0 amide bonds. The van der Waals surface area contributed by atoms with E-state index in [2.05, 4.69) is 14.9 Å². The highest BCUT2D eigenvalue weighted by molar-refractivity contribution is 7.89. The lowest BCUT2D eigenvalue weighted by Crippen LogP contribution is -2.61. The number of nitrogens with one attached hydrogen (secondary N) is 2. The molecule has 4 N–H and O–H groups in total. The van der Waals surface area contributed by atoms with Crippen molar-refractivity contribution in [2.75, 3.05) is 7.11 Å². The zero-order valence-electron chi connectivity index (χ0n) is 12.2. The third-order valence-electron chi connectivity index (χ3n) is 4.25. The number of methoxy groups -OCH3 is 1. The van der Waals surface area contributed by atoms with E-state index < -0.39 is 10.0 Å². The van der Waals surface area contributed by atoms with Gasteiger partial charge in [0.15, 0.2) is 5.03 Å². The van der Waals surface area contributed by atoms with Gasteiger partial charge in [0.1, 0.15) is 0 Å². The molecular weight excluding hydrogens is 280 g/mol.